The average Bonchev–Trinajstić information content (AvgIpc) is 3.42. The molecule has 0 aromatic heterocycles. The van der Waals surface area contributed by atoms with Gasteiger partial charge in [-0.25, -0.2) is 4.39 Å². The zero-order valence-corrected chi connectivity index (χ0v) is 21.9. The first-order chi connectivity index (χ1) is 18.4. The summed E-state index contributed by atoms with van der Waals surface area (Å²) in [6, 6.07) is 16.5. The third-order valence-corrected chi connectivity index (χ3v) is 7.79. The Hall–Kier alpha value is -3.22. The molecular weight excluding hydrogens is 481 g/mol. The molecule has 200 valence electrons. The zero-order chi connectivity index (χ0) is 26.6. The van der Waals surface area contributed by atoms with E-state index in [1.54, 1.807) is 19.1 Å². The van der Waals surface area contributed by atoms with Gasteiger partial charge in [-0.15, -0.1) is 0 Å². The third-order valence-electron chi connectivity index (χ3n) is 7.79. The summed E-state index contributed by atoms with van der Waals surface area (Å²) in [5.74, 6) is -0.593. The van der Waals surface area contributed by atoms with Gasteiger partial charge in [-0.1, -0.05) is 42.5 Å². The van der Waals surface area contributed by atoms with E-state index in [-0.39, 0.29) is 24.4 Å². The van der Waals surface area contributed by atoms with Gasteiger partial charge in [0.15, 0.2) is 0 Å². The van der Waals surface area contributed by atoms with Gasteiger partial charge >= 0.3 is 5.97 Å². The summed E-state index contributed by atoms with van der Waals surface area (Å²) in [6.07, 6.45) is 6.63. The maximum Gasteiger partial charge on any atom is 0.307 e. The number of aryl methyl sites for hydroxylation is 1. The second-order valence-electron chi connectivity index (χ2n) is 10.6. The first-order valence-electron chi connectivity index (χ1n) is 13.7. The monoisotopic (exact) mass is 517 g/mol. The van der Waals surface area contributed by atoms with Crippen molar-refractivity contribution in [2.24, 2.45) is 5.73 Å². The molecule has 38 heavy (non-hydrogen) atoms. The van der Waals surface area contributed by atoms with Crippen molar-refractivity contribution in [2.45, 2.75) is 76.5 Å². The van der Waals surface area contributed by atoms with Crippen LogP contribution in [0.2, 0.25) is 0 Å². The molecule has 3 aromatic carbocycles. The van der Waals surface area contributed by atoms with Crippen molar-refractivity contribution in [3.8, 4) is 16.9 Å². The normalized spacial score (nSPS) is 19.7. The molecule has 1 aliphatic heterocycles. The van der Waals surface area contributed by atoms with Crippen molar-refractivity contribution >= 4 is 5.97 Å². The third kappa shape index (κ3) is 5.77. The van der Waals surface area contributed by atoms with Gasteiger partial charge in [-0.3, -0.25) is 4.79 Å². The smallest absolute Gasteiger partial charge is 0.307 e. The Labute approximate surface area is 223 Å². The summed E-state index contributed by atoms with van der Waals surface area (Å²) in [5, 5.41) is 9.38. The number of hydrogen-bond donors (Lipinski definition) is 2. The van der Waals surface area contributed by atoms with E-state index in [1.807, 2.05) is 30.3 Å². The van der Waals surface area contributed by atoms with E-state index < -0.39 is 12.0 Å². The molecule has 0 saturated carbocycles. The van der Waals surface area contributed by atoms with Gasteiger partial charge in [-0.2, -0.15) is 0 Å². The minimum atomic E-state index is -0.895. The van der Waals surface area contributed by atoms with Crippen LogP contribution in [0.25, 0.3) is 11.1 Å². The number of carbonyl (C=O) groups is 1. The number of rotatable bonds is 9. The molecule has 0 amide bonds. The number of benzene rings is 3. The number of hydrogen-bond acceptors (Lipinski definition) is 4. The molecule has 0 spiro atoms. The Morgan fingerprint density at radius 1 is 1.13 bits per heavy atom. The number of aliphatic carboxylic acids is 1. The maximum atomic E-state index is 15.6. The van der Waals surface area contributed by atoms with Crippen LogP contribution in [0.15, 0.2) is 54.6 Å². The summed E-state index contributed by atoms with van der Waals surface area (Å²) in [4.78, 5) is 11.4. The molecule has 1 saturated heterocycles. The molecule has 0 bridgehead atoms. The molecule has 0 radical (unpaired) electrons. The van der Waals surface area contributed by atoms with E-state index >= 15 is 4.39 Å². The minimum absolute atomic E-state index is 0.0995. The number of ether oxygens (including phenoxy) is 2. The van der Waals surface area contributed by atoms with Crippen molar-refractivity contribution < 1.29 is 23.8 Å². The highest BCUT2D eigenvalue weighted by Crippen LogP contribution is 2.40. The van der Waals surface area contributed by atoms with Crippen LogP contribution in [-0.4, -0.2) is 23.8 Å². The molecule has 3 aromatic rings. The predicted molar refractivity (Wildman–Crippen MR) is 146 cm³/mol. The Balaban J connectivity index is 1.56. The molecular formula is C32H36FNO4. The van der Waals surface area contributed by atoms with Crippen LogP contribution >= 0.6 is 0 Å². The average molecular weight is 518 g/mol. The van der Waals surface area contributed by atoms with Crippen molar-refractivity contribution in [2.75, 3.05) is 6.61 Å². The second kappa shape index (κ2) is 11.7. The van der Waals surface area contributed by atoms with Gasteiger partial charge in [0.05, 0.1) is 12.5 Å². The number of para-hydroxylation sites is 1. The molecule has 3 N–H and O–H groups in total. The molecule has 1 unspecified atom stereocenters. The summed E-state index contributed by atoms with van der Waals surface area (Å²) < 4.78 is 28.1. The maximum absolute atomic E-state index is 15.6. The highest BCUT2D eigenvalue weighted by Gasteiger charge is 2.27. The van der Waals surface area contributed by atoms with Gasteiger partial charge in [0.25, 0.3) is 0 Å². The van der Waals surface area contributed by atoms with Gasteiger partial charge in [0, 0.05) is 29.3 Å². The van der Waals surface area contributed by atoms with E-state index in [2.05, 4.69) is 12.1 Å². The van der Waals surface area contributed by atoms with Crippen LogP contribution in [0.4, 0.5) is 4.39 Å². The minimum Gasteiger partial charge on any atom is -0.485 e. The van der Waals surface area contributed by atoms with Gasteiger partial charge in [0.1, 0.15) is 17.7 Å². The summed E-state index contributed by atoms with van der Waals surface area (Å²) in [7, 11) is 0. The largest absolute Gasteiger partial charge is 0.485 e. The topological polar surface area (TPSA) is 81.8 Å². The Morgan fingerprint density at radius 2 is 1.97 bits per heavy atom. The van der Waals surface area contributed by atoms with E-state index in [0.29, 0.717) is 22.4 Å². The lowest BCUT2D eigenvalue weighted by Gasteiger charge is -2.30. The lowest BCUT2D eigenvalue weighted by atomic mass is 9.82. The molecule has 5 nitrogen and oxygen atoms in total. The van der Waals surface area contributed by atoms with Crippen LogP contribution < -0.4 is 10.5 Å². The van der Waals surface area contributed by atoms with Crippen LogP contribution in [0, 0.1) is 5.82 Å². The fourth-order valence-corrected chi connectivity index (χ4v) is 5.86. The Bertz CT molecular complexity index is 1300. The Morgan fingerprint density at radius 3 is 2.74 bits per heavy atom. The molecule has 5 rings (SSSR count). The Kier molecular flexibility index (Phi) is 8.10. The van der Waals surface area contributed by atoms with Gasteiger partial charge in [-0.05, 0) is 86.3 Å². The number of carboxylic acids is 1. The van der Waals surface area contributed by atoms with Crippen molar-refractivity contribution in [3.63, 3.8) is 0 Å². The second-order valence-corrected chi connectivity index (χ2v) is 10.6. The van der Waals surface area contributed by atoms with Crippen molar-refractivity contribution in [3.05, 3.63) is 88.2 Å². The fourth-order valence-electron chi connectivity index (χ4n) is 5.86. The van der Waals surface area contributed by atoms with Crippen LogP contribution in [0.5, 0.6) is 5.75 Å². The van der Waals surface area contributed by atoms with E-state index in [1.165, 1.54) is 11.1 Å². The number of nitrogens with two attached hydrogens (primary N) is 1. The first kappa shape index (κ1) is 26.4. The van der Waals surface area contributed by atoms with Crippen LogP contribution in [0.3, 0.4) is 0 Å². The molecule has 6 heteroatoms. The van der Waals surface area contributed by atoms with Gasteiger partial charge in [0.2, 0.25) is 0 Å². The van der Waals surface area contributed by atoms with E-state index in [0.717, 1.165) is 62.7 Å². The van der Waals surface area contributed by atoms with Crippen molar-refractivity contribution in [1.82, 2.24) is 0 Å². The SMILES string of the molecule is C[C@@H](N)c1cccc(-c2cc(CC[C@H]3CCCO3)c3c(c2)C(Oc2ccccc2CC(=O)O)CCC3)c1F. The van der Waals surface area contributed by atoms with Gasteiger partial charge < -0.3 is 20.3 Å². The lowest BCUT2D eigenvalue weighted by molar-refractivity contribution is -0.136. The molecule has 2 aliphatic rings. The molecule has 1 heterocycles. The van der Waals surface area contributed by atoms with E-state index in [4.69, 9.17) is 15.2 Å². The molecule has 3 atom stereocenters. The first-order valence-corrected chi connectivity index (χ1v) is 13.7. The lowest BCUT2D eigenvalue weighted by Crippen LogP contribution is -2.19. The highest BCUT2D eigenvalue weighted by molar-refractivity contribution is 5.71. The van der Waals surface area contributed by atoms with Crippen LogP contribution in [-0.2, 0) is 28.8 Å². The number of carboxylic acid groups (broad SMARTS) is 1. The van der Waals surface area contributed by atoms with E-state index in [9.17, 15) is 9.90 Å². The highest BCUT2D eigenvalue weighted by atomic mass is 19.1. The zero-order valence-electron chi connectivity index (χ0n) is 21.9. The number of fused-ring (bicyclic) bond motifs is 1. The fraction of sp³-hybridized carbons (Fsp3) is 0.406. The molecule has 1 aliphatic carbocycles. The van der Waals surface area contributed by atoms with Crippen molar-refractivity contribution in [1.29, 1.82) is 0 Å². The molecule has 1 fully saturated rings. The number of halogens is 1. The quantitative estimate of drug-likeness (QED) is 0.330. The summed E-state index contributed by atoms with van der Waals surface area (Å²) >= 11 is 0. The predicted octanol–water partition coefficient (Wildman–Crippen LogP) is 6.71. The standard InChI is InChI=1S/C32H36FNO4/c1-20(34)25-9-4-11-27(32(25)33)23-17-21(14-15-24-8-6-16-37-24)26-10-5-13-30(28(26)18-23)38-29-12-3-2-7-22(29)19-31(35)36/h2-4,7,9,11-12,17-18,20,24,30H,5-6,8,10,13-16,19,34H2,1H3,(H,35,36)/t20-,24-,30?/m1/s1. The summed E-state index contributed by atoms with van der Waals surface area (Å²) in [6.45, 7) is 2.62. The summed E-state index contributed by atoms with van der Waals surface area (Å²) in [5.41, 5.74) is 12.1. The van der Waals surface area contributed by atoms with Crippen LogP contribution in [0.1, 0.15) is 79.0 Å².